The zero-order valence-electron chi connectivity index (χ0n) is 62.5. The van der Waals surface area contributed by atoms with Gasteiger partial charge in [-0.25, -0.2) is 24.0 Å². The van der Waals surface area contributed by atoms with E-state index in [1.165, 1.54) is 180 Å². The molecule has 0 aliphatic rings. The summed E-state index contributed by atoms with van der Waals surface area (Å²) >= 11 is 0. The monoisotopic (exact) mass is 1410 g/mol. The molecule has 0 saturated carbocycles. The van der Waals surface area contributed by atoms with E-state index in [4.69, 9.17) is 28.4 Å². The van der Waals surface area contributed by atoms with E-state index in [1.54, 1.807) is 24.3 Å². The molecule has 0 aromatic heterocycles. The number of carbonyl (C=O) groups excluding carboxylic acids is 6. The van der Waals surface area contributed by atoms with Crippen molar-refractivity contribution in [1.82, 2.24) is 5.32 Å². The minimum absolute atomic E-state index is 0.0374. The lowest BCUT2D eigenvalue weighted by molar-refractivity contribution is -0.173. The first-order valence-electron chi connectivity index (χ1n) is 39.4. The van der Waals surface area contributed by atoms with Crippen molar-refractivity contribution in [1.29, 1.82) is 0 Å². The molecule has 0 aliphatic carbocycles. The Morgan fingerprint density at radius 2 is 0.588 bits per heavy atom. The van der Waals surface area contributed by atoms with E-state index in [0.717, 1.165) is 80.0 Å². The molecule has 0 unspecified atom stereocenters. The summed E-state index contributed by atoms with van der Waals surface area (Å²) in [6.07, 6.45) is 44.3. The molecule has 5 aromatic carbocycles. The lowest BCUT2D eigenvalue weighted by Crippen LogP contribution is -2.42. The normalized spacial score (nSPS) is 11.4. The van der Waals surface area contributed by atoms with Crippen LogP contribution >= 0.6 is 0 Å². The maximum absolute atomic E-state index is 12.4. The van der Waals surface area contributed by atoms with Gasteiger partial charge in [0.05, 0.1) is 37.6 Å². The van der Waals surface area contributed by atoms with Gasteiger partial charge in [0.15, 0.2) is 12.2 Å². The molecule has 3 N–H and O–H groups in total. The van der Waals surface area contributed by atoms with Gasteiger partial charge in [-0.15, -0.1) is 0 Å². The number of unbranched alkanes of at least 4 members (excludes halogenated alkanes) is 34. The van der Waals surface area contributed by atoms with Crippen LogP contribution in [-0.4, -0.2) is 91.3 Å². The summed E-state index contributed by atoms with van der Waals surface area (Å²) < 4.78 is 31.1. The van der Waals surface area contributed by atoms with Crippen molar-refractivity contribution in [2.45, 2.75) is 296 Å². The number of benzene rings is 5. The van der Waals surface area contributed by atoms with Gasteiger partial charge in [0.25, 0.3) is 0 Å². The van der Waals surface area contributed by atoms with E-state index in [-0.39, 0.29) is 43.8 Å². The van der Waals surface area contributed by atoms with Crippen LogP contribution in [0.5, 0.6) is 0 Å². The predicted molar refractivity (Wildman–Crippen MR) is 409 cm³/mol. The zero-order valence-corrected chi connectivity index (χ0v) is 62.5. The standard InChI is InChI=1S/C44H78O4.C23H29NO4.C20H22O6/c1-3-5-7-9-11-13-15-17-19-21-23-25-27-29-31-33-39-47-43(45)41-35-37-42(38-36-41)44(46)48-40-34-32-30-28-26-24-22-20-18-16-14-12-10-8-6-4-2;25-22(27-18-20-12-6-4-7-13-20)16-10-2-1-3-11-17-24-23(26)28-19-21-14-8-5-9-15-21;21-17(19(23)25-13-11-15-7-3-1-4-8-15)18(22)20(24)26-14-12-16-9-5-2-6-10-16/h35-38H,3-34,39-40H2,1-2H3;4-9,12-15H,1-3,10-11,16-19H2,(H,24,26);1-10,17-18,21-22H,11-14H2/t;;17-,18-/m..1/s1. The fourth-order valence-corrected chi connectivity index (χ4v) is 11.5. The number of ether oxygens (including phenoxy) is 6. The molecule has 15 nitrogen and oxygen atoms in total. The average Bonchev–Trinajstić information content (AvgIpc) is 0.892. The van der Waals surface area contributed by atoms with Gasteiger partial charge in [-0.05, 0) is 72.2 Å². The van der Waals surface area contributed by atoms with Crippen molar-refractivity contribution in [2.75, 3.05) is 33.0 Å². The molecule has 2 atom stereocenters. The molecule has 1 amide bonds. The molecule has 0 spiro atoms. The van der Waals surface area contributed by atoms with E-state index in [1.807, 2.05) is 121 Å². The Labute approximate surface area is 613 Å². The first-order valence-corrected chi connectivity index (χ1v) is 39.4. The molecular formula is C87H129NO14. The van der Waals surface area contributed by atoms with E-state index < -0.39 is 24.1 Å². The number of rotatable bonds is 57. The summed E-state index contributed by atoms with van der Waals surface area (Å²) in [6.45, 7) is 6.78. The van der Waals surface area contributed by atoms with Gasteiger partial charge < -0.3 is 44.0 Å². The minimum atomic E-state index is -1.98. The number of hydrogen-bond donors (Lipinski definition) is 3. The Bertz CT molecular complexity index is 2630. The molecule has 0 saturated heterocycles. The second-order valence-electron chi connectivity index (χ2n) is 26.8. The number of nitrogens with one attached hydrogen (secondary N) is 1. The van der Waals surface area contributed by atoms with E-state index in [9.17, 15) is 39.0 Å². The highest BCUT2D eigenvalue weighted by Gasteiger charge is 2.33. The van der Waals surface area contributed by atoms with Crippen LogP contribution in [0, 0.1) is 0 Å². The van der Waals surface area contributed by atoms with Crippen molar-refractivity contribution < 1.29 is 67.4 Å². The number of carbonyl (C=O) groups is 6. The molecule has 0 fully saturated rings. The number of esters is 5. The fraction of sp³-hybridized carbons (Fsp3) is 0.586. The Morgan fingerprint density at radius 3 is 0.922 bits per heavy atom. The first-order chi connectivity index (χ1) is 50.0. The summed E-state index contributed by atoms with van der Waals surface area (Å²) in [6, 6.07) is 44.7. The van der Waals surface area contributed by atoms with E-state index in [0.29, 0.717) is 56.8 Å². The highest BCUT2D eigenvalue weighted by molar-refractivity contribution is 5.93. The Balaban J connectivity index is 0.000000425. The molecule has 0 radical (unpaired) electrons. The third-order valence-electron chi connectivity index (χ3n) is 17.8. The van der Waals surface area contributed by atoms with Crippen LogP contribution in [-0.2, 0) is 68.9 Å². The topological polar surface area (TPSA) is 210 Å². The summed E-state index contributed by atoms with van der Waals surface area (Å²) in [5.74, 6) is -2.90. The lowest BCUT2D eigenvalue weighted by atomic mass is 10.0. The number of aliphatic hydroxyl groups is 2. The van der Waals surface area contributed by atoms with E-state index in [2.05, 4.69) is 19.2 Å². The number of alkyl carbamates (subject to hydrolysis) is 1. The maximum Gasteiger partial charge on any atom is 0.407 e. The second kappa shape index (κ2) is 63.3. The molecule has 0 heterocycles. The molecule has 5 rings (SSSR count). The number of hydrogen-bond acceptors (Lipinski definition) is 14. The molecule has 0 aliphatic heterocycles. The average molecular weight is 1410 g/mol. The summed E-state index contributed by atoms with van der Waals surface area (Å²) in [5.41, 5.74) is 4.89. The largest absolute Gasteiger partial charge is 0.463 e. The third kappa shape index (κ3) is 49.3. The summed E-state index contributed by atoms with van der Waals surface area (Å²) in [4.78, 5) is 71.6. The molecule has 566 valence electrons. The minimum Gasteiger partial charge on any atom is -0.463 e. The second-order valence-corrected chi connectivity index (χ2v) is 26.8. The SMILES string of the molecule is CCCCCCCCCCCCCCCCCCOC(=O)c1ccc(C(=O)OCCCCCCCCCCCCCCCCCC)cc1.O=C(CCCCCCCNC(=O)OCc1ccccc1)OCc1ccccc1.O=C(OCCc1ccccc1)[C@H](O)[C@@H](O)C(=O)OCCc1ccccc1. The number of amides is 1. The Hall–Kier alpha value is -7.36. The fourth-order valence-electron chi connectivity index (χ4n) is 11.5. The van der Waals surface area contributed by atoms with Crippen LogP contribution in [0.3, 0.4) is 0 Å². The van der Waals surface area contributed by atoms with Crippen LogP contribution in [0.15, 0.2) is 146 Å². The lowest BCUT2D eigenvalue weighted by Gasteiger charge is -2.16. The van der Waals surface area contributed by atoms with Crippen molar-refractivity contribution >= 4 is 35.9 Å². The van der Waals surface area contributed by atoms with Crippen molar-refractivity contribution in [3.63, 3.8) is 0 Å². The predicted octanol–water partition coefficient (Wildman–Crippen LogP) is 20.8. The quantitative estimate of drug-likeness (QED) is 0.0188. The van der Waals surface area contributed by atoms with Crippen LogP contribution in [0.2, 0.25) is 0 Å². The molecule has 5 aromatic rings. The Kier molecular flexibility index (Phi) is 55.2. The van der Waals surface area contributed by atoms with Gasteiger partial charge in [-0.2, -0.15) is 0 Å². The van der Waals surface area contributed by atoms with Gasteiger partial charge in [0, 0.05) is 25.8 Å². The summed E-state index contributed by atoms with van der Waals surface area (Å²) in [7, 11) is 0. The van der Waals surface area contributed by atoms with Gasteiger partial charge in [-0.3, -0.25) is 4.79 Å². The molecular weight excluding hydrogens is 1280 g/mol. The van der Waals surface area contributed by atoms with E-state index >= 15 is 0 Å². The third-order valence-corrected chi connectivity index (χ3v) is 17.8. The molecule has 15 heteroatoms. The van der Waals surface area contributed by atoms with Crippen LogP contribution < -0.4 is 5.32 Å². The van der Waals surface area contributed by atoms with Crippen LogP contribution in [0.25, 0.3) is 0 Å². The van der Waals surface area contributed by atoms with Crippen molar-refractivity contribution in [3.05, 3.63) is 179 Å². The smallest absolute Gasteiger partial charge is 0.407 e. The van der Waals surface area contributed by atoms with Crippen molar-refractivity contribution in [2.24, 2.45) is 0 Å². The van der Waals surface area contributed by atoms with Gasteiger partial charge in [0.1, 0.15) is 13.2 Å². The van der Waals surface area contributed by atoms with Gasteiger partial charge >= 0.3 is 35.9 Å². The van der Waals surface area contributed by atoms with Crippen LogP contribution in [0.1, 0.15) is 301 Å². The maximum atomic E-state index is 12.4. The number of aliphatic hydroxyl groups excluding tert-OH is 2. The first kappa shape index (κ1) is 88.9. The summed E-state index contributed by atoms with van der Waals surface area (Å²) in [5, 5.41) is 22.2. The highest BCUT2D eigenvalue weighted by atomic mass is 16.6. The van der Waals surface area contributed by atoms with Crippen LogP contribution in [0.4, 0.5) is 4.79 Å². The molecule has 0 bridgehead atoms. The molecule has 102 heavy (non-hydrogen) atoms. The van der Waals surface area contributed by atoms with Gasteiger partial charge in [0.2, 0.25) is 0 Å². The van der Waals surface area contributed by atoms with Crippen molar-refractivity contribution in [3.8, 4) is 0 Å². The van der Waals surface area contributed by atoms with Gasteiger partial charge in [-0.1, -0.05) is 347 Å². The Morgan fingerprint density at radius 1 is 0.304 bits per heavy atom. The highest BCUT2D eigenvalue weighted by Crippen LogP contribution is 2.18. The zero-order chi connectivity index (χ0) is 73.2.